The van der Waals surface area contributed by atoms with Crippen molar-refractivity contribution >= 4 is 11.8 Å². The molecular weight excluding hydrogens is 300 g/mol. The van der Waals surface area contributed by atoms with Gasteiger partial charge in [-0.25, -0.2) is 8.78 Å². The third-order valence-corrected chi connectivity index (χ3v) is 3.88. The summed E-state index contributed by atoms with van der Waals surface area (Å²) in [5, 5.41) is 18.2. The molecule has 2 aromatic rings. The van der Waals surface area contributed by atoms with Gasteiger partial charge in [-0.3, -0.25) is 0 Å². The van der Waals surface area contributed by atoms with Gasteiger partial charge in [0.2, 0.25) is 0 Å². The minimum absolute atomic E-state index is 0.0729. The summed E-state index contributed by atoms with van der Waals surface area (Å²) in [6.07, 6.45) is 0.279. The van der Waals surface area contributed by atoms with Crippen molar-refractivity contribution in [1.29, 1.82) is 0 Å². The van der Waals surface area contributed by atoms with E-state index in [0.717, 1.165) is 12.1 Å². The van der Waals surface area contributed by atoms with Crippen LogP contribution in [0.3, 0.4) is 0 Å². The van der Waals surface area contributed by atoms with E-state index in [9.17, 15) is 13.9 Å². The Morgan fingerprint density at radius 2 is 2.10 bits per heavy atom. The van der Waals surface area contributed by atoms with E-state index in [0.29, 0.717) is 18.3 Å². The van der Waals surface area contributed by atoms with Crippen molar-refractivity contribution in [2.45, 2.75) is 17.8 Å². The molecule has 0 aliphatic heterocycles. The molecule has 21 heavy (non-hydrogen) atoms. The number of methoxy groups -OCH3 is 1. The lowest BCUT2D eigenvalue weighted by Crippen LogP contribution is -2.09. The van der Waals surface area contributed by atoms with Crippen molar-refractivity contribution in [2.24, 2.45) is 0 Å². The fraction of sp³-hybridized carbons (Fsp3) is 0.385. The van der Waals surface area contributed by atoms with E-state index in [4.69, 9.17) is 4.74 Å². The highest BCUT2D eigenvalue weighted by Gasteiger charge is 2.19. The van der Waals surface area contributed by atoms with Crippen LogP contribution in [-0.2, 0) is 11.3 Å². The van der Waals surface area contributed by atoms with E-state index in [1.54, 1.807) is 11.7 Å². The molecule has 8 heteroatoms. The van der Waals surface area contributed by atoms with E-state index in [2.05, 4.69) is 10.2 Å². The first-order chi connectivity index (χ1) is 10.1. The minimum atomic E-state index is -1.26. The molecular formula is C13H15F2N3O2S. The fourth-order valence-electron chi connectivity index (χ4n) is 1.77. The van der Waals surface area contributed by atoms with Crippen LogP contribution in [0.5, 0.6) is 0 Å². The number of hydrogen-bond acceptors (Lipinski definition) is 5. The Morgan fingerprint density at radius 1 is 1.38 bits per heavy atom. The lowest BCUT2D eigenvalue weighted by atomic mass is 10.1. The van der Waals surface area contributed by atoms with Gasteiger partial charge in [0.15, 0.2) is 5.16 Å². The number of aliphatic hydroxyl groups is 1. The molecule has 114 valence electrons. The lowest BCUT2D eigenvalue weighted by Gasteiger charge is -2.12. The zero-order valence-electron chi connectivity index (χ0n) is 11.4. The van der Waals surface area contributed by atoms with E-state index in [-0.39, 0.29) is 11.3 Å². The Morgan fingerprint density at radius 3 is 2.76 bits per heavy atom. The predicted molar refractivity (Wildman–Crippen MR) is 73.9 cm³/mol. The van der Waals surface area contributed by atoms with Gasteiger partial charge in [0, 0.05) is 19.4 Å². The smallest absolute Gasteiger partial charge is 0.191 e. The average Bonchev–Trinajstić information content (AvgIpc) is 2.90. The van der Waals surface area contributed by atoms with Crippen molar-refractivity contribution in [3.05, 3.63) is 41.7 Å². The summed E-state index contributed by atoms with van der Waals surface area (Å²) in [4.78, 5) is 0. The molecule has 1 aromatic carbocycles. The minimum Gasteiger partial charge on any atom is -0.387 e. The van der Waals surface area contributed by atoms with Gasteiger partial charge in [-0.15, -0.1) is 10.2 Å². The van der Waals surface area contributed by atoms with Gasteiger partial charge in [-0.1, -0.05) is 17.8 Å². The summed E-state index contributed by atoms with van der Waals surface area (Å²) in [6.45, 7) is 1.06. The average molecular weight is 315 g/mol. The van der Waals surface area contributed by atoms with Crippen LogP contribution in [0.15, 0.2) is 29.7 Å². The number of ether oxygens (including phenoxy) is 1. The number of rotatable bonds is 7. The van der Waals surface area contributed by atoms with Crippen LogP contribution < -0.4 is 0 Å². The summed E-state index contributed by atoms with van der Waals surface area (Å²) in [5.74, 6) is -1.45. The molecule has 0 saturated carbocycles. The Labute approximate surface area is 125 Å². The van der Waals surface area contributed by atoms with Crippen molar-refractivity contribution in [1.82, 2.24) is 14.8 Å². The molecule has 1 heterocycles. The second-order valence-electron chi connectivity index (χ2n) is 4.26. The largest absolute Gasteiger partial charge is 0.387 e. The van der Waals surface area contributed by atoms with Gasteiger partial charge >= 0.3 is 0 Å². The first kappa shape index (κ1) is 15.9. The molecule has 1 unspecified atom stereocenters. The molecule has 0 spiro atoms. The molecule has 2 rings (SSSR count). The molecule has 0 radical (unpaired) electrons. The number of thioether (sulfide) groups is 1. The van der Waals surface area contributed by atoms with E-state index < -0.39 is 17.7 Å². The maximum Gasteiger partial charge on any atom is 0.191 e. The Kier molecular flexibility index (Phi) is 5.66. The molecule has 5 nitrogen and oxygen atoms in total. The van der Waals surface area contributed by atoms with Gasteiger partial charge in [-0.2, -0.15) is 0 Å². The number of aliphatic hydroxyl groups excluding tert-OH is 1. The summed E-state index contributed by atoms with van der Waals surface area (Å²) in [7, 11) is 1.59. The normalized spacial score (nSPS) is 12.6. The van der Waals surface area contributed by atoms with E-state index in [1.165, 1.54) is 24.2 Å². The second kappa shape index (κ2) is 7.48. The molecule has 0 fully saturated rings. The number of aromatic nitrogens is 3. The van der Waals surface area contributed by atoms with Crippen molar-refractivity contribution in [3.63, 3.8) is 0 Å². The molecule has 1 aromatic heterocycles. The van der Waals surface area contributed by atoms with Gasteiger partial charge in [0.1, 0.15) is 18.0 Å². The van der Waals surface area contributed by atoms with Crippen LogP contribution in [0.2, 0.25) is 0 Å². The molecule has 0 aliphatic carbocycles. The summed E-state index contributed by atoms with van der Waals surface area (Å²) in [5.41, 5.74) is -0.326. The monoisotopic (exact) mass is 315 g/mol. The second-order valence-corrected chi connectivity index (χ2v) is 5.25. The Balaban J connectivity index is 2.01. The predicted octanol–water partition coefficient (Wildman–Crippen LogP) is 2.03. The number of benzene rings is 1. The van der Waals surface area contributed by atoms with Crippen molar-refractivity contribution < 1.29 is 18.6 Å². The SMILES string of the molecule is COCCn1cnnc1SCC(O)c1c(F)cccc1F. The Bertz CT molecular complexity index is 574. The van der Waals surface area contributed by atoms with Gasteiger partial charge in [-0.05, 0) is 12.1 Å². The fourth-order valence-corrected chi connectivity index (χ4v) is 2.65. The molecule has 0 saturated heterocycles. The maximum absolute atomic E-state index is 13.6. The zero-order chi connectivity index (χ0) is 15.2. The molecule has 0 bridgehead atoms. The van der Waals surface area contributed by atoms with Crippen LogP contribution in [0.25, 0.3) is 0 Å². The van der Waals surface area contributed by atoms with Crippen LogP contribution in [0, 0.1) is 11.6 Å². The first-order valence-corrected chi connectivity index (χ1v) is 7.23. The lowest BCUT2D eigenvalue weighted by molar-refractivity contribution is 0.184. The van der Waals surface area contributed by atoms with Crippen LogP contribution in [-0.4, -0.2) is 39.3 Å². The molecule has 0 aliphatic rings. The molecule has 1 atom stereocenters. The summed E-state index contributed by atoms with van der Waals surface area (Å²) >= 11 is 1.17. The first-order valence-electron chi connectivity index (χ1n) is 6.25. The van der Waals surface area contributed by atoms with Crippen LogP contribution in [0.1, 0.15) is 11.7 Å². The Hall–Kier alpha value is -1.51. The summed E-state index contributed by atoms with van der Waals surface area (Å²) < 4.78 is 33.8. The molecule has 1 N–H and O–H groups in total. The van der Waals surface area contributed by atoms with Crippen LogP contribution >= 0.6 is 11.8 Å². The number of nitrogens with zero attached hydrogens (tertiary/aromatic N) is 3. The number of halogens is 2. The quantitative estimate of drug-likeness (QED) is 0.792. The van der Waals surface area contributed by atoms with Gasteiger partial charge < -0.3 is 14.4 Å². The zero-order valence-corrected chi connectivity index (χ0v) is 12.2. The van der Waals surface area contributed by atoms with Crippen LogP contribution in [0.4, 0.5) is 8.78 Å². The van der Waals surface area contributed by atoms with Gasteiger partial charge in [0.25, 0.3) is 0 Å². The van der Waals surface area contributed by atoms with E-state index in [1.807, 2.05) is 0 Å². The van der Waals surface area contributed by atoms with Crippen molar-refractivity contribution in [3.8, 4) is 0 Å². The highest BCUT2D eigenvalue weighted by Crippen LogP contribution is 2.26. The summed E-state index contributed by atoms with van der Waals surface area (Å²) in [6, 6.07) is 3.50. The number of hydrogen-bond donors (Lipinski definition) is 1. The third-order valence-electron chi connectivity index (χ3n) is 2.82. The molecule has 0 amide bonds. The van der Waals surface area contributed by atoms with Crippen molar-refractivity contribution in [2.75, 3.05) is 19.5 Å². The van der Waals surface area contributed by atoms with E-state index >= 15 is 0 Å². The topological polar surface area (TPSA) is 60.2 Å². The highest BCUT2D eigenvalue weighted by molar-refractivity contribution is 7.99. The standard InChI is InChI=1S/C13H15F2N3O2S/c1-20-6-5-18-8-16-17-13(18)21-7-11(19)12-9(14)3-2-4-10(12)15/h2-4,8,11,19H,5-7H2,1H3. The third kappa shape index (κ3) is 3.99. The maximum atomic E-state index is 13.6. The van der Waals surface area contributed by atoms with Gasteiger partial charge in [0.05, 0.1) is 18.3 Å². The highest BCUT2D eigenvalue weighted by atomic mass is 32.2.